The van der Waals surface area contributed by atoms with Crippen molar-refractivity contribution in [2.75, 3.05) is 32.8 Å². The summed E-state index contributed by atoms with van der Waals surface area (Å²) in [6, 6.07) is 8.75. The van der Waals surface area contributed by atoms with Gasteiger partial charge in [0.25, 0.3) is 11.8 Å². The second-order valence-electron chi connectivity index (χ2n) is 8.67. The molecule has 0 radical (unpaired) electrons. The highest BCUT2D eigenvalue weighted by Gasteiger charge is 2.29. The van der Waals surface area contributed by atoms with Gasteiger partial charge in [0.1, 0.15) is 23.8 Å². The predicted molar refractivity (Wildman–Crippen MR) is 140 cm³/mol. The van der Waals surface area contributed by atoms with Crippen molar-refractivity contribution in [3.05, 3.63) is 58.1 Å². The van der Waals surface area contributed by atoms with Gasteiger partial charge in [-0.3, -0.25) is 14.6 Å². The zero-order chi connectivity index (χ0) is 26.2. The molecule has 0 atom stereocenters. The maximum Gasteiger partial charge on any atom is 0.272 e. The van der Waals surface area contributed by atoms with Gasteiger partial charge in [-0.2, -0.15) is 0 Å². The smallest absolute Gasteiger partial charge is 0.272 e. The molecule has 2 aliphatic rings. The van der Waals surface area contributed by atoms with Gasteiger partial charge in [-0.05, 0) is 67.6 Å². The summed E-state index contributed by atoms with van der Waals surface area (Å²) in [7, 11) is 0. The molecule has 0 aliphatic carbocycles. The van der Waals surface area contributed by atoms with Crippen LogP contribution in [0.3, 0.4) is 0 Å². The van der Waals surface area contributed by atoms with Crippen molar-refractivity contribution in [2.24, 2.45) is 4.99 Å². The Hall–Kier alpha value is -3.39. The number of ether oxygens (including phenoxy) is 1. The van der Waals surface area contributed by atoms with Gasteiger partial charge in [-0.15, -0.1) is 0 Å². The summed E-state index contributed by atoms with van der Waals surface area (Å²) in [6.45, 7) is 10.5. The number of carbonyl (C=O) groups excluding carboxylic acids is 2. The number of amides is 2. The fourth-order valence-corrected chi connectivity index (χ4v) is 4.55. The van der Waals surface area contributed by atoms with Gasteiger partial charge in [0, 0.05) is 38.3 Å². The molecule has 8 heteroatoms. The van der Waals surface area contributed by atoms with Crippen molar-refractivity contribution >= 4 is 17.5 Å². The highest BCUT2D eigenvalue weighted by atomic mass is 16.5. The number of aromatic hydroxyl groups is 1. The SMILES string of the molecule is CC.CCN=C(C(=O)N1CCCC1)c1cc(C(=O)N2Cc3ccc(OCCO)cc3C2)c(O)cc1C. The van der Waals surface area contributed by atoms with E-state index in [2.05, 4.69) is 4.99 Å². The zero-order valence-corrected chi connectivity index (χ0v) is 21.7. The van der Waals surface area contributed by atoms with Crippen LogP contribution in [0, 0.1) is 6.92 Å². The average molecular weight is 496 g/mol. The van der Waals surface area contributed by atoms with Crippen LogP contribution >= 0.6 is 0 Å². The molecule has 0 unspecified atom stereocenters. The fourth-order valence-electron chi connectivity index (χ4n) is 4.55. The molecule has 2 aromatic rings. The lowest BCUT2D eigenvalue weighted by molar-refractivity contribution is -0.123. The number of aryl methyl sites for hydroxylation is 1. The number of rotatable bonds is 7. The normalized spacial score (nSPS) is 14.9. The lowest BCUT2D eigenvalue weighted by Gasteiger charge is -2.20. The molecule has 2 amide bonds. The van der Waals surface area contributed by atoms with Crippen LogP contribution < -0.4 is 4.74 Å². The molecular formula is C28H37N3O5. The maximum atomic E-state index is 13.4. The standard InChI is InChI=1S/C26H31N3O5.C2H6/c1-3-27-24(26(33)28-8-4-5-9-28)21-14-22(23(31)12-17(21)2)25(32)29-15-18-6-7-20(34-11-10-30)13-19(18)16-29;1-2/h6-7,12-14,30-31H,3-5,8-11,15-16H2,1-2H3;1-2H3. The first kappa shape index (κ1) is 27.2. The molecule has 36 heavy (non-hydrogen) atoms. The third-order valence-electron chi connectivity index (χ3n) is 6.29. The number of benzene rings is 2. The molecular weight excluding hydrogens is 458 g/mol. The first-order valence-corrected chi connectivity index (χ1v) is 12.7. The van der Waals surface area contributed by atoms with E-state index in [-0.39, 0.29) is 36.3 Å². The summed E-state index contributed by atoms with van der Waals surface area (Å²) >= 11 is 0. The highest BCUT2D eigenvalue weighted by molar-refractivity contribution is 6.45. The summed E-state index contributed by atoms with van der Waals surface area (Å²) in [4.78, 5) is 34.5. The van der Waals surface area contributed by atoms with E-state index in [1.54, 1.807) is 15.9 Å². The van der Waals surface area contributed by atoms with Gasteiger partial charge in [0.2, 0.25) is 0 Å². The molecule has 2 heterocycles. The van der Waals surface area contributed by atoms with Crippen LogP contribution in [-0.4, -0.2) is 70.4 Å². The number of aliphatic imine (C=N–C) groups is 1. The van der Waals surface area contributed by atoms with E-state index < -0.39 is 0 Å². The van der Waals surface area contributed by atoms with Crippen molar-refractivity contribution in [2.45, 2.75) is 53.6 Å². The Morgan fingerprint density at radius 1 is 1.00 bits per heavy atom. The third-order valence-corrected chi connectivity index (χ3v) is 6.29. The van der Waals surface area contributed by atoms with E-state index in [0.29, 0.717) is 55.3 Å². The van der Waals surface area contributed by atoms with Crippen LogP contribution in [0.15, 0.2) is 35.3 Å². The Morgan fingerprint density at radius 3 is 2.36 bits per heavy atom. The number of aliphatic hydroxyl groups is 1. The molecule has 1 fully saturated rings. The quantitative estimate of drug-likeness (QED) is 0.571. The van der Waals surface area contributed by atoms with Gasteiger partial charge >= 0.3 is 0 Å². The van der Waals surface area contributed by atoms with Crippen LogP contribution in [0.5, 0.6) is 11.5 Å². The molecule has 2 aromatic carbocycles. The lowest BCUT2D eigenvalue weighted by Crippen LogP contribution is -2.35. The van der Waals surface area contributed by atoms with E-state index in [1.807, 2.05) is 45.9 Å². The van der Waals surface area contributed by atoms with Crippen LogP contribution in [0.1, 0.15) is 66.2 Å². The number of carbonyl (C=O) groups is 2. The Balaban J connectivity index is 0.00000176. The Morgan fingerprint density at radius 2 is 1.69 bits per heavy atom. The Bertz CT molecular complexity index is 1120. The minimum absolute atomic E-state index is 0.0691. The van der Waals surface area contributed by atoms with Gasteiger partial charge < -0.3 is 24.7 Å². The molecule has 0 aromatic heterocycles. The molecule has 0 bridgehead atoms. The Labute approximate surface area is 213 Å². The van der Waals surface area contributed by atoms with Crippen molar-refractivity contribution in [3.8, 4) is 11.5 Å². The molecule has 194 valence electrons. The van der Waals surface area contributed by atoms with E-state index in [4.69, 9.17) is 9.84 Å². The second-order valence-corrected chi connectivity index (χ2v) is 8.67. The first-order valence-electron chi connectivity index (χ1n) is 12.7. The van der Waals surface area contributed by atoms with Crippen LogP contribution in [-0.2, 0) is 17.9 Å². The number of hydrogen-bond donors (Lipinski definition) is 2. The molecule has 8 nitrogen and oxygen atoms in total. The van der Waals surface area contributed by atoms with E-state index in [1.165, 1.54) is 6.07 Å². The minimum atomic E-state index is -0.308. The summed E-state index contributed by atoms with van der Waals surface area (Å²) in [6.07, 6.45) is 1.96. The van der Waals surface area contributed by atoms with Crippen LogP contribution in [0.4, 0.5) is 0 Å². The average Bonchev–Trinajstić information content (AvgIpc) is 3.57. The largest absolute Gasteiger partial charge is 0.507 e. The number of fused-ring (bicyclic) bond motifs is 1. The van der Waals surface area contributed by atoms with Crippen molar-refractivity contribution in [1.82, 2.24) is 9.80 Å². The van der Waals surface area contributed by atoms with E-state index >= 15 is 0 Å². The molecule has 1 saturated heterocycles. The zero-order valence-electron chi connectivity index (χ0n) is 21.7. The van der Waals surface area contributed by atoms with Gasteiger partial charge in [-0.1, -0.05) is 19.9 Å². The fraction of sp³-hybridized carbons (Fsp3) is 0.464. The number of nitrogens with zero attached hydrogens (tertiary/aromatic N) is 3. The van der Waals surface area contributed by atoms with Crippen LogP contribution in [0.2, 0.25) is 0 Å². The molecule has 4 rings (SSSR count). The first-order chi connectivity index (χ1) is 17.4. The van der Waals surface area contributed by atoms with E-state index in [0.717, 1.165) is 24.0 Å². The van der Waals surface area contributed by atoms with E-state index in [9.17, 15) is 14.7 Å². The molecule has 2 N–H and O–H groups in total. The van der Waals surface area contributed by atoms with Gasteiger partial charge in [0.15, 0.2) is 0 Å². The number of hydrogen-bond acceptors (Lipinski definition) is 6. The monoisotopic (exact) mass is 495 g/mol. The van der Waals surface area contributed by atoms with Crippen molar-refractivity contribution in [3.63, 3.8) is 0 Å². The summed E-state index contributed by atoms with van der Waals surface area (Å²) in [5, 5.41) is 19.6. The van der Waals surface area contributed by atoms with Crippen molar-refractivity contribution in [1.29, 1.82) is 0 Å². The molecule has 2 aliphatic heterocycles. The summed E-state index contributed by atoms with van der Waals surface area (Å²) in [5.41, 5.74) is 3.75. The number of aliphatic hydroxyl groups excluding tert-OH is 1. The Kier molecular flexibility index (Phi) is 9.47. The molecule has 0 saturated carbocycles. The minimum Gasteiger partial charge on any atom is -0.507 e. The number of phenolic OH excluding ortho intramolecular Hbond substituents is 1. The topological polar surface area (TPSA) is 103 Å². The van der Waals surface area contributed by atoms with Crippen LogP contribution in [0.25, 0.3) is 0 Å². The lowest BCUT2D eigenvalue weighted by atomic mass is 9.98. The number of phenols is 1. The third kappa shape index (κ3) is 5.87. The van der Waals surface area contributed by atoms with Crippen molar-refractivity contribution < 1.29 is 24.5 Å². The number of likely N-dealkylation sites (tertiary alicyclic amines) is 1. The molecule has 0 spiro atoms. The maximum absolute atomic E-state index is 13.4. The van der Waals surface area contributed by atoms with Gasteiger partial charge in [-0.25, -0.2) is 0 Å². The highest BCUT2D eigenvalue weighted by Crippen LogP contribution is 2.31. The predicted octanol–water partition coefficient (Wildman–Crippen LogP) is 3.69. The van der Waals surface area contributed by atoms with Gasteiger partial charge in [0.05, 0.1) is 12.2 Å². The second kappa shape index (κ2) is 12.5. The summed E-state index contributed by atoms with van der Waals surface area (Å²) in [5.74, 6) is 0.0924. The summed E-state index contributed by atoms with van der Waals surface area (Å²) < 4.78 is 5.48.